The van der Waals surface area contributed by atoms with E-state index in [0.717, 1.165) is 41.7 Å². The third kappa shape index (κ3) is 3.22. The summed E-state index contributed by atoms with van der Waals surface area (Å²) in [6.07, 6.45) is 3.86. The van der Waals surface area contributed by atoms with Crippen LogP contribution in [0.2, 0.25) is 0 Å². The van der Waals surface area contributed by atoms with Gasteiger partial charge in [0.1, 0.15) is 22.0 Å². The number of hydrogen-bond acceptors (Lipinski definition) is 6. The van der Waals surface area contributed by atoms with Crippen molar-refractivity contribution in [3.63, 3.8) is 0 Å². The SMILES string of the molecule is COC(=O)c1c(NC(=O)c2c(-c3ccccc3)noc2C)sc2c1CCCC2. The summed E-state index contributed by atoms with van der Waals surface area (Å²) >= 11 is 1.45. The van der Waals surface area contributed by atoms with Crippen LogP contribution in [0.3, 0.4) is 0 Å². The second-order valence-corrected chi connectivity index (χ2v) is 7.79. The Morgan fingerprint density at radius 2 is 1.89 bits per heavy atom. The zero-order valence-corrected chi connectivity index (χ0v) is 16.5. The molecule has 3 aromatic rings. The molecule has 1 amide bonds. The van der Waals surface area contributed by atoms with E-state index in [4.69, 9.17) is 9.26 Å². The molecule has 1 aliphatic rings. The van der Waals surface area contributed by atoms with Gasteiger partial charge >= 0.3 is 5.97 Å². The van der Waals surface area contributed by atoms with Crippen LogP contribution < -0.4 is 5.32 Å². The number of anilines is 1. The third-order valence-electron chi connectivity index (χ3n) is 4.92. The van der Waals surface area contributed by atoms with Gasteiger partial charge in [0.2, 0.25) is 0 Å². The molecular formula is C21H20N2O4S. The summed E-state index contributed by atoms with van der Waals surface area (Å²) in [6, 6.07) is 9.40. The molecule has 144 valence electrons. The van der Waals surface area contributed by atoms with Crippen LogP contribution in [0, 0.1) is 6.92 Å². The number of esters is 1. The van der Waals surface area contributed by atoms with Crippen molar-refractivity contribution in [1.29, 1.82) is 0 Å². The molecule has 0 unspecified atom stereocenters. The molecule has 1 aliphatic carbocycles. The maximum Gasteiger partial charge on any atom is 0.341 e. The Bertz CT molecular complexity index is 1040. The summed E-state index contributed by atoms with van der Waals surface area (Å²) < 4.78 is 10.3. The van der Waals surface area contributed by atoms with Gasteiger partial charge in [-0.25, -0.2) is 4.79 Å². The number of hydrogen-bond donors (Lipinski definition) is 1. The average molecular weight is 396 g/mol. The molecule has 6 nitrogen and oxygen atoms in total. The Kier molecular flexibility index (Phi) is 5.00. The number of aryl methyl sites for hydroxylation is 2. The van der Waals surface area contributed by atoms with Gasteiger partial charge in [-0.2, -0.15) is 0 Å². The quantitative estimate of drug-likeness (QED) is 0.650. The molecule has 28 heavy (non-hydrogen) atoms. The molecule has 4 rings (SSSR count). The fraction of sp³-hybridized carbons (Fsp3) is 0.286. The maximum atomic E-state index is 13.1. The first kappa shape index (κ1) is 18.4. The van der Waals surface area contributed by atoms with E-state index >= 15 is 0 Å². The van der Waals surface area contributed by atoms with Crippen LogP contribution in [-0.4, -0.2) is 24.1 Å². The van der Waals surface area contributed by atoms with Crippen molar-refractivity contribution in [2.24, 2.45) is 0 Å². The molecule has 0 saturated heterocycles. The monoisotopic (exact) mass is 396 g/mol. The Labute approximate surface area is 166 Å². The number of carbonyl (C=O) groups excluding carboxylic acids is 2. The first-order valence-electron chi connectivity index (χ1n) is 9.16. The van der Waals surface area contributed by atoms with E-state index in [0.29, 0.717) is 27.6 Å². The van der Waals surface area contributed by atoms with Crippen molar-refractivity contribution in [2.75, 3.05) is 12.4 Å². The number of nitrogens with one attached hydrogen (secondary N) is 1. The van der Waals surface area contributed by atoms with Gasteiger partial charge in [-0.05, 0) is 38.2 Å². The molecule has 0 radical (unpaired) electrons. The number of amides is 1. The van der Waals surface area contributed by atoms with E-state index in [1.807, 2.05) is 30.3 Å². The normalized spacial score (nSPS) is 13.1. The number of rotatable bonds is 4. The molecule has 0 fully saturated rings. The lowest BCUT2D eigenvalue weighted by atomic mass is 9.95. The van der Waals surface area contributed by atoms with E-state index < -0.39 is 5.97 Å². The molecule has 0 bridgehead atoms. The zero-order valence-electron chi connectivity index (χ0n) is 15.7. The number of fused-ring (bicyclic) bond motifs is 1. The molecule has 2 heterocycles. The van der Waals surface area contributed by atoms with Crippen LogP contribution in [0.4, 0.5) is 5.00 Å². The summed E-state index contributed by atoms with van der Waals surface area (Å²) in [6.45, 7) is 1.70. The highest BCUT2D eigenvalue weighted by Gasteiger charge is 2.29. The van der Waals surface area contributed by atoms with Crippen molar-refractivity contribution >= 4 is 28.2 Å². The van der Waals surface area contributed by atoms with Gasteiger partial charge in [0.15, 0.2) is 0 Å². The first-order chi connectivity index (χ1) is 13.6. The number of methoxy groups -OCH3 is 1. The Morgan fingerprint density at radius 1 is 1.14 bits per heavy atom. The summed E-state index contributed by atoms with van der Waals surface area (Å²) in [5, 5.41) is 7.51. The fourth-order valence-electron chi connectivity index (χ4n) is 3.57. The van der Waals surface area contributed by atoms with Gasteiger partial charge in [0, 0.05) is 10.4 Å². The molecule has 1 N–H and O–H groups in total. The van der Waals surface area contributed by atoms with Crippen LogP contribution in [0.1, 0.15) is 49.8 Å². The largest absolute Gasteiger partial charge is 0.465 e. The Hall–Kier alpha value is -2.93. The molecule has 0 spiro atoms. The lowest BCUT2D eigenvalue weighted by Gasteiger charge is -2.11. The molecule has 0 saturated carbocycles. The van der Waals surface area contributed by atoms with Gasteiger partial charge in [-0.15, -0.1) is 11.3 Å². The minimum absolute atomic E-state index is 0.346. The summed E-state index contributed by atoms with van der Waals surface area (Å²) in [7, 11) is 1.36. The van der Waals surface area contributed by atoms with Gasteiger partial charge in [0.25, 0.3) is 5.91 Å². The van der Waals surface area contributed by atoms with E-state index in [9.17, 15) is 9.59 Å². The number of aromatic nitrogens is 1. The van der Waals surface area contributed by atoms with Crippen LogP contribution in [0.5, 0.6) is 0 Å². The number of nitrogens with zero attached hydrogens (tertiary/aromatic N) is 1. The average Bonchev–Trinajstić information content (AvgIpc) is 3.28. The van der Waals surface area contributed by atoms with Crippen LogP contribution in [-0.2, 0) is 17.6 Å². The lowest BCUT2D eigenvalue weighted by Crippen LogP contribution is -2.16. The van der Waals surface area contributed by atoms with Gasteiger partial charge in [0.05, 0.1) is 12.7 Å². The van der Waals surface area contributed by atoms with Crippen molar-refractivity contribution < 1.29 is 18.8 Å². The summed E-state index contributed by atoms with van der Waals surface area (Å²) in [5.74, 6) is -0.335. The number of benzene rings is 1. The van der Waals surface area contributed by atoms with Crippen LogP contribution in [0.25, 0.3) is 11.3 Å². The molecule has 0 atom stereocenters. The van der Waals surface area contributed by atoms with Crippen molar-refractivity contribution in [3.05, 3.63) is 57.7 Å². The highest BCUT2D eigenvalue weighted by molar-refractivity contribution is 7.17. The molecule has 2 aromatic heterocycles. The minimum atomic E-state index is -0.417. The smallest absolute Gasteiger partial charge is 0.341 e. The minimum Gasteiger partial charge on any atom is -0.465 e. The van der Waals surface area contributed by atoms with E-state index in [2.05, 4.69) is 10.5 Å². The second kappa shape index (κ2) is 7.59. The van der Waals surface area contributed by atoms with Gasteiger partial charge in [-0.3, -0.25) is 4.79 Å². The van der Waals surface area contributed by atoms with E-state index in [1.54, 1.807) is 6.92 Å². The zero-order chi connectivity index (χ0) is 19.7. The Morgan fingerprint density at radius 3 is 2.64 bits per heavy atom. The highest BCUT2D eigenvalue weighted by Crippen LogP contribution is 2.39. The Balaban J connectivity index is 1.72. The molecular weight excluding hydrogens is 376 g/mol. The highest BCUT2D eigenvalue weighted by atomic mass is 32.1. The third-order valence-corrected chi connectivity index (χ3v) is 6.13. The topological polar surface area (TPSA) is 81.4 Å². The standard InChI is InChI=1S/C21H20N2O4S/c1-12-16(18(23-27-12)13-8-4-3-5-9-13)19(24)22-20-17(21(25)26-2)14-10-6-7-11-15(14)28-20/h3-5,8-9H,6-7,10-11H2,1-2H3,(H,22,24). The van der Waals surface area contributed by atoms with Crippen molar-refractivity contribution in [3.8, 4) is 11.3 Å². The van der Waals surface area contributed by atoms with Gasteiger partial charge < -0.3 is 14.6 Å². The van der Waals surface area contributed by atoms with Gasteiger partial charge in [-0.1, -0.05) is 35.5 Å². The number of carbonyl (C=O) groups is 2. The molecule has 7 heteroatoms. The molecule has 1 aromatic carbocycles. The van der Waals surface area contributed by atoms with Crippen LogP contribution >= 0.6 is 11.3 Å². The molecule has 0 aliphatic heterocycles. The second-order valence-electron chi connectivity index (χ2n) is 6.69. The van der Waals surface area contributed by atoms with Crippen molar-refractivity contribution in [2.45, 2.75) is 32.6 Å². The summed E-state index contributed by atoms with van der Waals surface area (Å²) in [4.78, 5) is 26.6. The lowest BCUT2D eigenvalue weighted by molar-refractivity contribution is 0.0601. The van der Waals surface area contributed by atoms with Crippen molar-refractivity contribution in [1.82, 2.24) is 5.16 Å². The predicted octanol–water partition coefficient (Wildman–Crippen LogP) is 4.63. The maximum absolute atomic E-state index is 13.1. The first-order valence-corrected chi connectivity index (χ1v) is 9.97. The number of thiophene rings is 1. The fourth-order valence-corrected chi connectivity index (χ4v) is 4.84. The summed E-state index contributed by atoms with van der Waals surface area (Å²) in [5.41, 5.74) is 3.13. The van der Waals surface area contributed by atoms with E-state index in [1.165, 1.54) is 18.4 Å². The number of ether oxygens (including phenoxy) is 1. The van der Waals surface area contributed by atoms with E-state index in [-0.39, 0.29) is 5.91 Å². The predicted molar refractivity (Wildman–Crippen MR) is 107 cm³/mol. The van der Waals surface area contributed by atoms with Crippen LogP contribution in [0.15, 0.2) is 34.9 Å².